The van der Waals surface area contributed by atoms with Gasteiger partial charge in [-0.3, -0.25) is 9.59 Å². The number of allylic oxidation sites excluding steroid dienone is 2. The van der Waals surface area contributed by atoms with E-state index in [9.17, 15) is 9.59 Å². The van der Waals surface area contributed by atoms with Crippen molar-refractivity contribution in [3.05, 3.63) is 76.8 Å². The van der Waals surface area contributed by atoms with Crippen molar-refractivity contribution >= 4 is 29.6 Å². The van der Waals surface area contributed by atoms with E-state index in [4.69, 9.17) is 16.3 Å². The zero-order chi connectivity index (χ0) is 21.1. The number of carbonyl (C=O) groups excluding carboxylic acids is 2. The summed E-state index contributed by atoms with van der Waals surface area (Å²) in [5.41, 5.74) is 1.67. The molecule has 2 bridgehead atoms. The number of benzene rings is 2. The summed E-state index contributed by atoms with van der Waals surface area (Å²) in [7, 11) is 0. The summed E-state index contributed by atoms with van der Waals surface area (Å²) in [5.74, 6) is 1.40. The first-order valence-corrected chi connectivity index (χ1v) is 11.1. The molecule has 5 aliphatic rings. The van der Waals surface area contributed by atoms with Gasteiger partial charge in [0, 0.05) is 10.6 Å². The van der Waals surface area contributed by atoms with Gasteiger partial charge in [-0.15, -0.1) is 0 Å². The summed E-state index contributed by atoms with van der Waals surface area (Å²) in [4.78, 5) is 26.1. The monoisotopic (exact) mass is 432 g/mol. The molecule has 0 spiro atoms. The average molecular weight is 433 g/mol. The van der Waals surface area contributed by atoms with Crippen LogP contribution in [0.2, 0.25) is 5.02 Å². The van der Waals surface area contributed by atoms with Crippen molar-refractivity contribution in [3.63, 3.8) is 0 Å². The van der Waals surface area contributed by atoms with E-state index in [2.05, 4.69) is 17.3 Å². The molecular formula is C25H21ClN2O3. The molecule has 0 aromatic heterocycles. The van der Waals surface area contributed by atoms with Crippen LogP contribution >= 0.6 is 11.6 Å². The highest BCUT2D eigenvalue weighted by molar-refractivity contribution is 6.30. The van der Waals surface area contributed by atoms with Gasteiger partial charge in [0.1, 0.15) is 12.4 Å². The van der Waals surface area contributed by atoms with Crippen molar-refractivity contribution in [2.75, 3.05) is 0 Å². The van der Waals surface area contributed by atoms with Crippen LogP contribution in [-0.2, 0) is 16.2 Å². The molecule has 5 nitrogen and oxygen atoms in total. The molecule has 2 saturated carbocycles. The maximum Gasteiger partial charge on any atom is 0.254 e. The van der Waals surface area contributed by atoms with E-state index in [1.807, 2.05) is 48.5 Å². The quantitative estimate of drug-likeness (QED) is 0.402. The second kappa shape index (κ2) is 7.06. The zero-order valence-electron chi connectivity index (χ0n) is 16.7. The maximum absolute atomic E-state index is 13.1. The van der Waals surface area contributed by atoms with Gasteiger partial charge in [0.25, 0.3) is 11.8 Å². The summed E-state index contributed by atoms with van der Waals surface area (Å²) in [6.07, 6.45) is 7.03. The van der Waals surface area contributed by atoms with Crippen LogP contribution in [-0.4, -0.2) is 23.0 Å². The van der Waals surface area contributed by atoms with Crippen LogP contribution in [0.3, 0.4) is 0 Å². The molecule has 0 N–H and O–H groups in total. The largest absolute Gasteiger partial charge is 0.488 e. The van der Waals surface area contributed by atoms with Crippen LogP contribution in [0.4, 0.5) is 0 Å². The fourth-order valence-electron chi connectivity index (χ4n) is 5.68. The number of halogens is 1. The Morgan fingerprint density at radius 1 is 1.00 bits per heavy atom. The molecule has 2 amide bonds. The standard InChI is InChI=1S/C25H21ClN2O3/c26-16-6-3-4-14(10-16)13-31-21-7-2-1-5-15(21)12-27-28-24(29)22-17-8-9-18(20-11-19(17)20)23(22)25(28)30/h1-10,12,17-20,22-23H,11,13H2/b27-12-/t17-,18-,19-,20+,22+,23+/m0/s1. The highest BCUT2D eigenvalue weighted by atomic mass is 35.5. The smallest absolute Gasteiger partial charge is 0.254 e. The number of amides is 2. The number of nitrogens with zero attached hydrogens (tertiary/aromatic N) is 2. The van der Waals surface area contributed by atoms with Crippen molar-refractivity contribution in [2.24, 2.45) is 40.6 Å². The number of hydrazone groups is 1. The van der Waals surface area contributed by atoms with Gasteiger partial charge in [-0.2, -0.15) is 10.1 Å². The minimum atomic E-state index is -0.238. The van der Waals surface area contributed by atoms with Crippen molar-refractivity contribution in [1.82, 2.24) is 5.01 Å². The van der Waals surface area contributed by atoms with Crippen LogP contribution in [0.1, 0.15) is 17.5 Å². The molecule has 156 valence electrons. The predicted molar refractivity (Wildman–Crippen MR) is 116 cm³/mol. The van der Waals surface area contributed by atoms with Gasteiger partial charge in [0.05, 0.1) is 18.1 Å². The van der Waals surface area contributed by atoms with Gasteiger partial charge in [-0.05, 0) is 59.9 Å². The fourth-order valence-corrected chi connectivity index (χ4v) is 5.89. The number of rotatable bonds is 5. The second-order valence-corrected chi connectivity index (χ2v) is 9.28. The van der Waals surface area contributed by atoms with Crippen molar-refractivity contribution in [2.45, 2.75) is 13.0 Å². The summed E-state index contributed by atoms with van der Waals surface area (Å²) >= 11 is 6.05. The number of para-hydroxylation sites is 1. The van der Waals surface area contributed by atoms with E-state index in [0.717, 1.165) is 17.0 Å². The molecule has 1 aliphatic heterocycles. The maximum atomic E-state index is 13.1. The lowest BCUT2D eigenvalue weighted by atomic mass is 9.63. The summed E-state index contributed by atoms with van der Waals surface area (Å²) in [6.45, 7) is 0.356. The van der Waals surface area contributed by atoms with Gasteiger partial charge >= 0.3 is 0 Å². The Morgan fingerprint density at radius 2 is 1.71 bits per heavy atom. The molecule has 0 unspecified atom stereocenters. The van der Waals surface area contributed by atoms with E-state index in [1.54, 1.807) is 6.21 Å². The van der Waals surface area contributed by atoms with Gasteiger partial charge in [-0.25, -0.2) is 0 Å². The van der Waals surface area contributed by atoms with Gasteiger partial charge in [0.2, 0.25) is 0 Å². The number of ether oxygens (including phenoxy) is 1. The first-order chi connectivity index (χ1) is 15.1. The molecule has 7 rings (SSSR count). The summed E-state index contributed by atoms with van der Waals surface area (Å²) in [5, 5.41) is 6.08. The lowest BCUT2D eigenvalue weighted by Gasteiger charge is -2.37. The van der Waals surface area contributed by atoms with E-state index < -0.39 is 0 Å². The van der Waals surface area contributed by atoms with Crippen LogP contribution in [0.5, 0.6) is 5.75 Å². The van der Waals surface area contributed by atoms with Gasteiger partial charge < -0.3 is 4.74 Å². The Bertz CT molecular complexity index is 1110. The molecule has 1 saturated heterocycles. The minimum absolute atomic E-state index is 0.159. The number of hydrogen-bond donors (Lipinski definition) is 0. The number of imide groups is 1. The molecule has 0 radical (unpaired) electrons. The fraction of sp³-hybridized carbons (Fsp3) is 0.320. The molecule has 3 fully saturated rings. The van der Waals surface area contributed by atoms with E-state index in [0.29, 0.717) is 34.8 Å². The molecule has 1 heterocycles. The lowest BCUT2D eigenvalue weighted by Crippen LogP contribution is -2.40. The van der Waals surface area contributed by atoms with Crippen LogP contribution in [0.15, 0.2) is 65.8 Å². The molecule has 6 atom stereocenters. The second-order valence-electron chi connectivity index (χ2n) is 8.84. The van der Waals surface area contributed by atoms with Crippen molar-refractivity contribution in [3.8, 4) is 5.75 Å². The molecular weight excluding hydrogens is 412 g/mol. The van der Waals surface area contributed by atoms with E-state index in [-0.39, 0.29) is 35.5 Å². The lowest BCUT2D eigenvalue weighted by molar-refractivity contribution is -0.140. The highest BCUT2D eigenvalue weighted by Crippen LogP contribution is 2.65. The minimum Gasteiger partial charge on any atom is -0.488 e. The molecule has 4 aliphatic carbocycles. The average Bonchev–Trinajstić information content (AvgIpc) is 3.56. The van der Waals surface area contributed by atoms with Gasteiger partial charge in [-0.1, -0.05) is 48.0 Å². The van der Waals surface area contributed by atoms with Crippen LogP contribution in [0.25, 0.3) is 0 Å². The topological polar surface area (TPSA) is 59.0 Å². The van der Waals surface area contributed by atoms with Gasteiger partial charge in [0.15, 0.2) is 0 Å². The molecule has 31 heavy (non-hydrogen) atoms. The van der Waals surface area contributed by atoms with Crippen molar-refractivity contribution < 1.29 is 14.3 Å². The predicted octanol–water partition coefficient (Wildman–Crippen LogP) is 4.31. The Morgan fingerprint density at radius 3 is 2.42 bits per heavy atom. The Balaban J connectivity index is 1.21. The molecule has 2 aromatic rings. The first-order valence-electron chi connectivity index (χ1n) is 10.7. The number of hydrogen-bond acceptors (Lipinski definition) is 4. The van der Waals surface area contributed by atoms with Crippen LogP contribution in [0, 0.1) is 35.5 Å². The number of carbonyl (C=O) groups is 2. The highest BCUT2D eigenvalue weighted by Gasteiger charge is 2.67. The summed E-state index contributed by atoms with van der Waals surface area (Å²) < 4.78 is 5.96. The van der Waals surface area contributed by atoms with Crippen molar-refractivity contribution in [1.29, 1.82) is 0 Å². The Kier molecular flexibility index (Phi) is 4.29. The van der Waals surface area contributed by atoms with E-state index >= 15 is 0 Å². The third kappa shape index (κ3) is 3.02. The third-order valence-corrected chi connectivity index (χ3v) is 7.39. The first kappa shape index (κ1) is 18.8. The normalized spacial score (nSPS) is 32.5. The SMILES string of the molecule is O=C1[C@@H]2[C@H]3C=C[C@@H]([C@@H]4C[C@H]34)[C@H]2C(=O)N1/N=C\c1ccccc1OCc1cccc(Cl)c1. The molecule has 6 heteroatoms. The van der Waals surface area contributed by atoms with Crippen LogP contribution < -0.4 is 4.74 Å². The Labute approximate surface area is 185 Å². The zero-order valence-corrected chi connectivity index (χ0v) is 17.5. The Hall–Kier alpha value is -2.92. The summed E-state index contributed by atoms with van der Waals surface area (Å²) in [6, 6.07) is 14.9. The van der Waals surface area contributed by atoms with E-state index in [1.165, 1.54) is 0 Å². The molecule has 2 aromatic carbocycles. The third-order valence-electron chi connectivity index (χ3n) is 7.15.